The van der Waals surface area contributed by atoms with Crippen LogP contribution in [0.15, 0.2) is 53.4 Å². The Labute approximate surface area is 173 Å². The first-order valence-corrected chi connectivity index (χ1v) is 11.1. The number of aryl methyl sites for hydroxylation is 1. The summed E-state index contributed by atoms with van der Waals surface area (Å²) < 4.78 is 32.5. The maximum absolute atomic E-state index is 12.8. The Balaban J connectivity index is 2.30. The second-order valence-corrected chi connectivity index (χ2v) is 8.35. The molecule has 156 valence electrons. The summed E-state index contributed by atoms with van der Waals surface area (Å²) in [5.41, 5.74) is 2.32. The number of carbonyl (C=O) groups is 1. The van der Waals surface area contributed by atoms with Crippen molar-refractivity contribution in [3.63, 3.8) is 0 Å². The molecule has 0 spiro atoms. The fourth-order valence-electron chi connectivity index (χ4n) is 2.88. The first-order valence-electron chi connectivity index (χ1n) is 9.64. The van der Waals surface area contributed by atoms with Gasteiger partial charge in [0.25, 0.3) is 0 Å². The molecule has 1 N–H and O–H groups in total. The number of rotatable bonds is 9. The molecule has 2 rings (SSSR count). The van der Waals surface area contributed by atoms with E-state index in [2.05, 4.69) is 5.32 Å². The van der Waals surface area contributed by atoms with Gasteiger partial charge >= 0.3 is 0 Å². The van der Waals surface area contributed by atoms with Gasteiger partial charge < -0.3 is 10.1 Å². The lowest BCUT2D eigenvalue weighted by Gasteiger charge is -2.19. The molecule has 0 fully saturated rings. The van der Waals surface area contributed by atoms with Crippen LogP contribution in [0.5, 0.6) is 5.75 Å². The smallest absolute Gasteiger partial charge is 0.248 e. The molecule has 29 heavy (non-hydrogen) atoms. The van der Waals surface area contributed by atoms with E-state index in [0.29, 0.717) is 31.1 Å². The van der Waals surface area contributed by atoms with E-state index >= 15 is 0 Å². The molecule has 0 unspecified atom stereocenters. The molecule has 0 aliphatic carbocycles. The van der Waals surface area contributed by atoms with Crippen LogP contribution >= 0.6 is 0 Å². The van der Waals surface area contributed by atoms with E-state index in [4.69, 9.17) is 4.74 Å². The topological polar surface area (TPSA) is 75.7 Å². The van der Waals surface area contributed by atoms with Gasteiger partial charge in [0.1, 0.15) is 5.75 Å². The van der Waals surface area contributed by atoms with Crippen molar-refractivity contribution in [3.05, 3.63) is 59.7 Å². The summed E-state index contributed by atoms with van der Waals surface area (Å²) in [6.45, 7) is 8.50. The normalized spacial score (nSPS) is 11.8. The van der Waals surface area contributed by atoms with Gasteiger partial charge in [-0.1, -0.05) is 43.7 Å². The molecule has 0 saturated carbocycles. The van der Waals surface area contributed by atoms with Crippen molar-refractivity contribution in [2.24, 2.45) is 0 Å². The third-order valence-electron chi connectivity index (χ3n) is 4.32. The number of nitrogens with one attached hydrogen (secondary N) is 1. The zero-order valence-corrected chi connectivity index (χ0v) is 18.1. The van der Waals surface area contributed by atoms with E-state index < -0.39 is 10.0 Å². The van der Waals surface area contributed by atoms with Crippen LogP contribution in [-0.2, 0) is 14.8 Å². The fourth-order valence-corrected chi connectivity index (χ4v) is 4.37. The SMILES string of the molecule is CCOc1ccc(S(=O)(=O)N(CC)CC)cc1NC(=O)/C=C/c1cccc(C)c1. The lowest BCUT2D eigenvalue weighted by molar-refractivity contribution is -0.111. The summed E-state index contributed by atoms with van der Waals surface area (Å²) >= 11 is 0. The number of amides is 1. The van der Waals surface area contributed by atoms with Crippen molar-refractivity contribution in [3.8, 4) is 5.75 Å². The van der Waals surface area contributed by atoms with Gasteiger partial charge in [0.05, 0.1) is 17.2 Å². The number of sulfonamides is 1. The number of ether oxygens (including phenoxy) is 1. The third-order valence-corrected chi connectivity index (χ3v) is 6.37. The largest absolute Gasteiger partial charge is 0.492 e. The van der Waals surface area contributed by atoms with E-state index in [1.54, 1.807) is 26.0 Å². The van der Waals surface area contributed by atoms with E-state index in [9.17, 15) is 13.2 Å². The van der Waals surface area contributed by atoms with Gasteiger partial charge in [-0.25, -0.2) is 8.42 Å². The summed E-state index contributed by atoms with van der Waals surface area (Å²) in [4.78, 5) is 12.5. The highest BCUT2D eigenvalue weighted by Gasteiger charge is 2.23. The highest BCUT2D eigenvalue weighted by molar-refractivity contribution is 7.89. The highest BCUT2D eigenvalue weighted by Crippen LogP contribution is 2.29. The van der Waals surface area contributed by atoms with Crippen molar-refractivity contribution < 1.29 is 17.9 Å². The van der Waals surface area contributed by atoms with Crippen molar-refractivity contribution in [1.29, 1.82) is 0 Å². The quantitative estimate of drug-likeness (QED) is 0.625. The first kappa shape index (κ1) is 22.6. The lowest BCUT2D eigenvalue weighted by Crippen LogP contribution is -2.30. The van der Waals surface area contributed by atoms with Gasteiger partial charge in [-0.2, -0.15) is 4.31 Å². The number of benzene rings is 2. The third kappa shape index (κ3) is 5.92. The van der Waals surface area contributed by atoms with Crippen LogP contribution in [-0.4, -0.2) is 38.3 Å². The van der Waals surface area contributed by atoms with Gasteiger partial charge in [-0.3, -0.25) is 4.79 Å². The predicted octanol–water partition coefficient (Wildman–Crippen LogP) is 4.08. The monoisotopic (exact) mass is 416 g/mol. The summed E-state index contributed by atoms with van der Waals surface area (Å²) in [5, 5.41) is 2.73. The van der Waals surface area contributed by atoms with Crippen LogP contribution in [0.2, 0.25) is 0 Å². The van der Waals surface area contributed by atoms with E-state index in [1.165, 1.54) is 22.5 Å². The van der Waals surface area contributed by atoms with Crippen LogP contribution in [0.4, 0.5) is 5.69 Å². The minimum Gasteiger partial charge on any atom is -0.492 e. The number of hydrogen-bond acceptors (Lipinski definition) is 4. The zero-order valence-electron chi connectivity index (χ0n) is 17.3. The van der Waals surface area contributed by atoms with E-state index in [1.807, 2.05) is 38.1 Å². The molecule has 0 bridgehead atoms. The molecule has 0 aliphatic rings. The molecule has 0 saturated heterocycles. The second kappa shape index (κ2) is 10.2. The Morgan fingerprint density at radius 3 is 2.45 bits per heavy atom. The lowest BCUT2D eigenvalue weighted by atomic mass is 10.1. The summed E-state index contributed by atoms with van der Waals surface area (Å²) in [6, 6.07) is 12.3. The number of nitrogens with zero attached hydrogens (tertiary/aromatic N) is 1. The molecule has 2 aromatic carbocycles. The van der Waals surface area contributed by atoms with Crippen LogP contribution < -0.4 is 10.1 Å². The van der Waals surface area contributed by atoms with Crippen molar-refractivity contribution in [1.82, 2.24) is 4.31 Å². The Morgan fingerprint density at radius 2 is 1.83 bits per heavy atom. The number of carbonyl (C=O) groups excluding carboxylic acids is 1. The van der Waals surface area contributed by atoms with Gasteiger partial charge in [-0.05, 0) is 43.7 Å². The van der Waals surface area contributed by atoms with Crippen LogP contribution in [0, 0.1) is 6.92 Å². The molecule has 0 atom stereocenters. The highest BCUT2D eigenvalue weighted by atomic mass is 32.2. The molecule has 2 aromatic rings. The van der Waals surface area contributed by atoms with Gasteiger partial charge in [0.2, 0.25) is 15.9 Å². The molecule has 1 amide bonds. The summed E-state index contributed by atoms with van der Waals surface area (Å²) in [7, 11) is -3.64. The summed E-state index contributed by atoms with van der Waals surface area (Å²) in [6.07, 6.45) is 3.12. The Bertz CT molecular complexity index is 980. The Morgan fingerprint density at radius 1 is 1.10 bits per heavy atom. The minimum atomic E-state index is -3.64. The maximum atomic E-state index is 12.8. The molecule has 7 heteroatoms. The first-order chi connectivity index (χ1) is 13.8. The Hall–Kier alpha value is -2.64. The molecular formula is C22H28N2O4S. The molecule has 0 aromatic heterocycles. The zero-order chi connectivity index (χ0) is 21.4. The van der Waals surface area contributed by atoms with Crippen LogP contribution in [0.25, 0.3) is 6.08 Å². The Kier molecular flexibility index (Phi) is 7.99. The fraction of sp³-hybridized carbons (Fsp3) is 0.318. The predicted molar refractivity (Wildman–Crippen MR) is 117 cm³/mol. The molecule has 0 radical (unpaired) electrons. The van der Waals surface area contributed by atoms with Crippen molar-refractivity contribution >= 4 is 27.7 Å². The van der Waals surface area contributed by atoms with Gasteiger partial charge in [0, 0.05) is 19.2 Å². The standard InChI is InChI=1S/C22H28N2O4S/c1-5-24(6-2)29(26,27)19-12-13-21(28-7-3)20(16-19)23-22(25)14-11-18-10-8-9-17(4)15-18/h8-16H,5-7H2,1-4H3,(H,23,25)/b14-11+. The second-order valence-electron chi connectivity index (χ2n) is 6.42. The average molecular weight is 417 g/mol. The molecular weight excluding hydrogens is 388 g/mol. The molecule has 0 heterocycles. The van der Waals surface area contributed by atoms with Crippen molar-refractivity contribution in [2.75, 3.05) is 25.0 Å². The van der Waals surface area contributed by atoms with E-state index in [0.717, 1.165) is 11.1 Å². The van der Waals surface area contributed by atoms with Crippen LogP contribution in [0.1, 0.15) is 31.9 Å². The van der Waals surface area contributed by atoms with Gasteiger partial charge in [-0.15, -0.1) is 0 Å². The number of anilines is 1. The average Bonchev–Trinajstić information content (AvgIpc) is 2.68. The molecule has 0 aliphatic heterocycles. The number of hydrogen-bond donors (Lipinski definition) is 1. The maximum Gasteiger partial charge on any atom is 0.248 e. The van der Waals surface area contributed by atoms with Crippen molar-refractivity contribution in [2.45, 2.75) is 32.6 Å². The minimum absolute atomic E-state index is 0.114. The van der Waals surface area contributed by atoms with Crippen LogP contribution in [0.3, 0.4) is 0 Å². The summed E-state index contributed by atoms with van der Waals surface area (Å²) in [5.74, 6) is 0.0492. The molecule has 6 nitrogen and oxygen atoms in total. The van der Waals surface area contributed by atoms with Gasteiger partial charge in [0.15, 0.2) is 0 Å². The van der Waals surface area contributed by atoms with E-state index in [-0.39, 0.29) is 10.8 Å².